The molecule has 170 valence electrons. The summed E-state index contributed by atoms with van der Waals surface area (Å²) in [6.07, 6.45) is 2.39. The van der Waals surface area contributed by atoms with Gasteiger partial charge in [0.1, 0.15) is 30.0 Å². The van der Waals surface area contributed by atoms with Crippen molar-refractivity contribution in [3.63, 3.8) is 0 Å². The molecule has 1 fully saturated rings. The van der Waals surface area contributed by atoms with Gasteiger partial charge in [-0.25, -0.2) is 36.6 Å². The molecule has 2 aliphatic heterocycles. The zero-order valence-corrected chi connectivity index (χ0v) is 17.8. The molecule has 0 spiro atoms. The molecule has 3 atom stereocenters. The van der Waals surface area contributed by atoms with E-state index in [9.17, 15) is 22.0 Å². The Balaban J connectivity index is 1.49. The number of hydrogen-bond donors (Lipinski definition) is 0. The number of benzene rings is 1. The van der Waals surface area contributed by atoms with Crippen molar-refractivity contribution in [2.45, 2.75) is 30.1 Å². The number of alkyl halides is 1. The Kier molecular flexibility index (Phi) is 5.89. The van der Waals surface area contributed by atoms with E-state index in [-0.39, 0.29) is 42.3 Å². The fraction of sp³-hybridized carbons (Fsp3) is 0.400. The Morgan fingerprint density at radius 1 is 1.12 bits per heavy atom. The first-order valence-electron chi connectivity index (χ1n) is 9.86. The van der Waals surface area contributed by atoms with Crippen molar-refractivity contribution >= 4 is 27.8 Å². The number of amides is 1. The zero-order chi connectivity index (χ0) is 23.0. The number of rotatable bonds is 4. The lowest BCUT2D eigenvalue weighted by atomic mass is 9.92. The number of hydrazone groups is 1. The number of anilines is 1. The lowest BCUT2D eigenvalue weighted by molar-refractivity contribution is -0.140. The molecule has 3 heterocycles. The highest BCUT2D eigenvalue weighted by Gasteiger charge is 2.40. The molecule has 32 heavy (non-hydrogen) atoms. The molecule has 4 rings (SSSR count). The van der Waals surface area contributed by atoms with Crippen molar-refractivity contribution in [3.8, 4) is 0 Å². The molecule has 8 nitrogen and oxygen atoms in total. The Morgan fingerprint density at radius 3 is 2.50 bits per heavy atom. The molecule has 0 bridgehead atoms. The summed E-state index contributed by atoms with van der Waals surface area (Å²) in [5.74, 6) is -2.86. The number of carbonyl (C=O) groups is 1. The van der Waals surface area contributed by atoms with Gasteiger partial charge in [-0.1, -0.05) is 0 Å². The van der Waals surface area contributed by atoms with Crippen LogP contribution in [0, 0.1) is 17.6 Å². The second-order valence-electron chi connectivity index (χ2n) is 7.78. The van der Waals surface area contributed by atoms with E-state index in [0.29, 0.717) is 0 Å². The van der Waals surface area contributed by atoms with Crippen LogP contribution in [0.3, 0.4) is 0 Å². The van der Waals surface area contributed by atoms with Crippen LogP contribution in [0.25, 0.3) is 0 Å². The number of carbonyl (C=O) groups excluding carboxylic acids is 1. The maximum Gasteiger partial charge on any atom is 0.249 e. The fourth-order valence-electron chi connectivity index (χ4n) is 3.94. The summed E-state index contributed by atoms with van der Waals surface area (Å²) in [7, 11) is -3.55. The maximum absolute atomic E-state index is 15.1. The first-order chi connectivity index (χ1) is 15.1. The maximum atomic E-state index is 15.1. The van der Waals surface area contributed by atoms with Crippen LogP contribution < -0.4 is 4.90 Å². The topological polar surface area (TPSA) is 95.8 Å². The highest BCUT2D eigenvalue weighted by Crippen LogP contribution is 2.34. The summed E-state index contributed by atoms with van der Waals surface area (Å²) in [5.41, 5.74) is 0.246. The minimum atomic E-state index is -3.55. The van der Waals surface area contributed by atoms with E-state index in [0.717, 1.165) is 35.8 Å². The summed E-state index contributed by atoms with van der Waals surface area (Å²) in [5, 5.41) is 4.94. The third-order valence-electron chi connectivity index (χ3n) is 5.52. The number of nitrogens with zero attached hydrogens (tertiary/aromatic N) is 5. The van der Waals surface area contributed by atoms with Crippen LogP contribution in [0.5, 0.6) is 0 Å². The third kappa shape index (κ3) is 4.45. The standard InChI is InChI=1S/C20H20F3N5O3S/c1-32(30,31)19-9-18(24-11-25-19)27-5-3-15(16(23)10-27)20(29)28-17(2-4-26-28)12-6-13(21)8-14(22)7-12/h4,6-9,11,15-17H,2-3,5,10H2,1H3/t15-,16+,17-/m0/s1. The minimum absolute atomic E-state index is 0.133. The van der Waals surface area contributed by atoms with E-state index in [1.54, 1.807) is 4.90 Å². The molecule has 0 N–H and O–H groups in total. The van der Waals surface area contributed by atoms with Crippen molar-refractivity contribution in [2.75, 3.05) is 24.2 Å². The van der Waals surface area contributed by atoms with Gasteiger partial charge in [-0.15, -0.1) is 0 Å². The molecule has 1 aromatic carbocycles. The number of halogens is 3. The Morgan fingerprint density at radius 2 is 1.84 bits per heavy atom. The summed E-state index contributed by atoms with van der Waals surface area (Å²) >= 11 is 0. The van der Waals surface area contributed by atoms with Crippen LogP contribution in [-0.4, -0.2) is 61.0 Å². The third-order valence-corrected chi connectivity index (χ3v) is 6.50. The molecular formula is C20H20F3N5O3S. The monoisotopic (exact) mass is 467 g/mol. The molecule has 1 amide bonds. The molecule has 2 aliphatic rings. The predicted octanol–water partition coefficient (Wildman–Crippen LogP) is 2.28. The quantitative estimate of drug-likeness (QED) is 0.641. The van der Waals surface area contributed by atoms with Crippen molar-refractivity contribution in [1.82, 2.24) is 15.0 Å². The molecule has 1 aromatic heterocycles. The van der Waals surface area contributed by atoms with E-state index in [1.165, 1.54) is 12.3 Å². The Hall–Kier alpha value is -3.02. The summed E-state index contributed by atoms with van der Waals surface area (Å²) in [6, 6.07) is 3.56. The summed E-state index contributed by atoms with van der Waals surface area (Å²) in [4.78, 5) is 22.3. The molecular weight excluding hydrogens is 447 g/mol. The average molecular weight is 467 g/mol. The number of sulfone groups is 1. The smallest absolute Gasteiger partial charge is 0.249 e. The minimum Gasteiger partial charge on any atom is -0.354 e. The van der Waals surface area contributed by atoms with Crippen molar-refractivity contribution in [1.29, 1.82) is 0 Å². The molecule has 0 aliphatic carbocycles. The van der Waals surface area contributed by atoms with Gasteiger partial charge in [0.05, 0.1) is 18.5 Å². The van der Waals surface area contributed by atoms with Crippen molar-refractivity contribution in [2.24, 2.45) is 11.0 Å². The van der Waals surface area contributed by atoms with Gasteiger partial charge in [0, 0.05) is 37.6 Å². The average Bonchev–Trinajstić information content (AvgIpc) is 3.22. The van der Waals surface area contributed by atoms with Gasteiger partial charge in [0.15, 0.2) is 14.9 Å². The van der Waals surface area contributed by atoms with Gasteiger partial charge in [0.25, 0.3) is 0 Å². The molecule has 12 heteroatoms. The second-order valence-corrected chi connectivity index (χ2v) is 9.74. The second kappa shape index (κ2) is 8.49. The van der Waals surface area contributed by atoms with Crippen LogP contribution in [0.1, 0.15) is 24.4 Å². The molecule has 0 radical (unpaired) electrons. The number of hydrogen-bond acceptors (Lipinski definition) is 7. The highest BCUT2D eigenvalue weighted by molar-refractivity contribution is 7.90. The Labute approximate surface area is 182 Å². The van der Waals surface area contributed by atoms with Gasteiger partial charge in [-0.2, -0.15) is 5.10 Å². The van der Waals surface area contributed by atoms with Gasteiger partial charge in [0.2, 0.25) is 5.91 Å². The SMILES string of the molecule is CS(=O)(=O)c1cc(N2CC[C@H](C(=O)N3N=CC[C@H]3c3cc(F)cc(F)c3)[C@H](F)C2)ncn1. The number of piperidine rings is 1. The number of aromatic nitrogens is 2. The largest absolute Gasteiger partial charge is 0.354 e. The van der Waals surface area contributed by atoms with Crippen LogP contribution in [-0.2, 0) is 14.6 Å². The van der Waals surface area contributed by atoms with Gasteiger partial charge in [-0.05, 0) is 24.1 Å². The summed E-state index contributed by atoms with van der Waals surface area (Å²) < 4.78 is 65.8. The van der Waals surface area contributed by atoms with E-state index in [4.69, 9.17) is 0 Å². The zero-order valence-electron chi connectivity index (χ0n) is 17.0. The van der Waals surface area contributed by atoms with Crippen LogP contribution in [0.15, 0.2) is 40.7 Å². The van der Waals surface area contributed by atoms with Gasteiger partial charge in [-0.3, -0.25) is 4.79 Å². The van der Waals surface area contributed by atoms with Gasteiger partial charge < -0.3 is 4.90 Å². The van der Waals surface area contributed by atoms with E-state index in [1.807, 2.05) is 0 Å². The first-order valence-corrected chi connectivity index (χ1v) is 11.8. The predicted molar refractivity (Wildman–Crippen MR) is 109 cm³/mol. The first kappa shape index (κ1) is 22.2. The molecule has 1 saturated heterocycles. The summed E-state index contributed by atoms with van der Waals surface area (Å²) in [6.45, 7) is 0.0846. The van der Waals surface area contributed by atoms with Crippen LogP contribution in [0.2, 0.25) is 0 Å². The molecule has 0 saturated carbocycles. The lowest BCUT2D eigenvalue weighted by Crippen LogP contribution is -2.48. The van der Waals surface area contributed by atoms with Crippen molar-refractivity contribution < 1.29 is 26.4 Å². The molecule has 0 unspecified atom stereocenters. The Bertz CT molecular complexity index is 1160. The fourth-order valence-corrected chi connectivity index (χ4v) is 4.50. The van der Waals surface area contributed by atoms with E-state index < -0.39 is 45.5 Å². The van der Waals surface area contributed by atoms with Gasteiger partial charge >= 0.3 is 0 Å². The van der Waals surface area contributed by atoms with E-state index >= 15 is 4.39 Å². The highest BCUT2D eigenvalue weighted by atomic mass is 32.2. The van der Waals surface area contributed by atoms with Crippen LogP contribution >= 0.6 is 0 Å². The van der Waals surface area contributed by atoms with Crippen molar-refractivity contribution in [3.05, 3.63) is 47.8 Å². The normalized spacial score (nSPS) is 23.6. The molecule has 2 aromatic rings. The van der Waals surface area contributed by atoms with E-state index in [2.05, 4.69) is 15.1 Å². The lowest BCUT2D eigenvalue weighted by Gasteiger charge is -2.36. The van der Waals surface area contributed by atoms with Crippen LogP contribution in [0.4, 0.5) is 19.0 Å².